The van der Waals surface area contributed by atoms with Gasteiger partial charge in [0, 0.05) is 0 Å². The fourth-order valence-corrected chi connectivity index (χ4v) is 6.80. The maximum absolute atomic E-state index is 13.4. The van der Waals surface area contributed by atoms with Gasteiger partial charge < -0.3 is 0 Å². The van der Waals surface area contributed by atoms with Gasteiger partial charge in [0.05, 0.1) is 0 Å². The van der Waals surface area contributed by atoms with E-state index in [1.807, 2.05) is 0 Å². The van der Waals surface area contributed by atoms with Crippen molar-refractivity contribution in [3.05, 3.63) is 30.3 Å². The van der Waals surface area contributed by atoms with Gasteiger partial charge in [-0.25, -0.2) is 0 Å². The summed E-state index contributed by atoms with van der Waals surface area (Å²) in [7, 11) is 1.16. The zero-order valence-electron chi connectivity index (χ0n) is 23.0. The molecule has 2 rings (SSSR count). The van der Waals surface area contributed by atoms with E-state index in [9.17, 15) is 28.8 Å². The summed E-state index contributed by atoms with van der Waals surface area (Å²) < 4.78 is 32.0. The summed E-state index contributed by atoms with van der Waals surface area (Å²) in [5.74, 6) is -4.42. The van der Waals surface area contributed by atoms with Crippen LogP contribution >= 0.6 is 0 Å². The van der Waals surface area contributed by atoms with Crippen LogP contribution in [0.2, 0.25) is 0 Å². The van der Waals surface area contributed by atoms with Crippen LogP contribution in [0.25, 0.3) is 0 Å². The van der Waals surface area contributed by atoms with Gasteiger partial charge in [0.15, 0.2) is 0 Å². The molecule has 0 aromatic heterocycles. The van der Waals surface area contributed by atoms with Crippen LogP contribution in [0.3, 0.4) is 0 Å². The second kappa shape index (κ2) is 14.8. The summed E-state index contributed by atoms with van der Waals surface area (Å²) in [6.45, 7) is 5.13. The Morgan fingerprint density at radius 2 is 1.57 bits per heavy atom. The third-order valence-electron chi connectivity index (χ3n) is 5.52. The number of rotatable bonds is 11. The van der Waals surface area contributed by atoms with Crippen molar-refractivity contribution in [2.45, 2.75) is 76.0 Å². The number of hydrogen-bond donors (Lipinski definition) is 1. The Hall–Kier alpha value is -3.48. The zero-order chi connectivity index (χ0) is 30.0. The summed E-state index contributed by atoms with van der Waals surface area (Å²) in [6.07, 6.45) is -5.80. The predicted octanol–water partition coefficient (Wildman–Crippen LogP) is -0.463. The Morgan fingerprint density at radius 3 is 2.08 bits per heavy atom. The number of methoxy groups -OCH3 is 1. The summed E-state index contributed by atoms with van der Waals surface area (Å²) >= 11 is -0.813. The molecule has 1 amide bonds. The molecule has 1 N–H and O–H groups in total. The minimum absolute atomic E-state index is 0.218. The summed E-state index contributed by atoms with van der Waals surface area (Å²) in [4.78, 5) is 73.7. The molecule has 1 saturated heterocycles. The van der Waals surface area contributed by atoms with Gasteiger partial charge in [-0.2, -0.15) is 0 Å². The average molecular weight is 631 g/mol. The number of carbonyl (C=O) groups is 6. The first-order valence-electron chi connectivity index (χ1n) is 12.2. The van der Waals surface area contributed by atoms with Gasteiger partial charge in [0.1, 0.15) is 0 Å². The second-order valence-corrected chi connectivity index (χ2v) is 11.6. The maximum atomic E-state index is 13.4. The van der Waals surface area contributed by atoms with Crippen molar-refractivity contribution in [2.75, 3.05) is 13.7 Å². The Bertz CT molecular complexity index is 1100. The SMILES string of the molecule is COC(=O)[C@@]1([Se]c2ccccc2)C[C@H](OC(C)=O)[C@@H](NC(C)=O)[C@H]([C@H](OC(C)=O)[C@@H](COC(C)=O)OC(C)=O)O1. The molecule has 0 radical (unpaired) electrons. The normalized spacial score (nSPS) is 23.5. The van der Waals surface area contributed by atoms with Crippen LogP contribution < -0.4 is 9.78 Å². The molecular formula is C26H33NO12Se. The minimum atomic E-state index is -1.75. The van der Waals surface area contributed by atoms with Crippen LogP contribution in [0.1, 0.15) is 41.0 Å². The van der Waals surface area contributed by atoms with Gasteiger partial charge in [0.25, 0.3) is 0 Å². The molecule has 1 aliphatic heterocycles. The van der Waals surface area contributed by atoms with E-state index in [4.69, 9.17) is 28.4 Å². The number of benzene rings is 1. The van der Waals surface area contributed by atoms with E-state index in [0.717, 1.165) is 39.3 Å². The Labute approximate surface area is 237 Å². The first-order valence-corrected chi connectivity index (χ1v) is 13.9. The number of ether oxygens (including phenoxy) is 6. The number of hydrogen-bond acceptors (Lipinski definition) is 12. The standard InChI is InChI=1S/C26H33NO12Se/c1-14(28)27-22-20(36-16(3)30)12-26(25(33)34-6,40-19-10-8-7-9-11-19)39-24(22)23(38-18(5)32)21(37-17(4)31)13-35-15(2)29/h7-11,20-24H,12-13H2,1-6H3,(H,27,28)/t20-,21+,22+,23+,24+,26-/m0/s1. The molecule has 0 unspecified atom stereocenters. The van der Waals surface area contributed by atoms with E-state index >= 15 is 0 Å². The molecule has 14 heteroatoms. The topological polar surface area (TPSA) is 170 Å². The molecule has 6 atom stereocenters. The number of amides is 1. The van der Waals surface area contributed by atoms with E-state index < -0.39 is 92.3 Å². The first kappa shape index (κ1) is 32.7. The van der Waals surface area contributed by atoms with Crippen LogP contribution in [-0.2, 0) is 57.2 Å². The molecule has 13 nitrogen and oxygen atoms in total. The average Bonchev–Trinajstić information content (AvgIpc) is 2.85. The summed E-state index contributed by atoms with van der Waals surface area (Å²) in [5, 5.41) is 2.65. The molecule has 1 aliphatic rings. The third-order valence-corrected chi connectivity index (χ3v) is 8.18. The fourth-order valence-electron chi connectivity index (χ4n) is 4.18. The van der Waals surface area contributed by atoms with Gasteiger partial charge in [0.2, 0.25) is 0 Å². The van der Waals surface area contributed by atoms with E-state index in [2.05, 4.69) is 5.32 Å². The van der Waals surface area contributed by atoms with E-state index in [1.165, 1.54) is 6.92 Å². The van der Waals surface area contributed by atoms with Crippen molar-refractivity contribution in [3.8, 4) is 0 Å². The van der Waals surface area contributed by atoms with Crippen LogP contribution in [0.15, 0.2) is 30.3 Å². The molecule has 0 spiro atoms. The van der Waals surface area contributed by atoms with Gasteiger partial charge in [-0.15, -0.1) is 0 Å². The Morgan fingerprint density at radius 1 is 0.950 bits per heavy atom. The molecule has 1 aromatic rings. The van der Waals surface area contributed by atoms with E-state index in [0.29, 0.717) is 0 Å². The number of esters is 5. The van der Waals surface area contributed by atoms with E-state index in [1.54, 1.807) is 30.3 Å². The van der Waals surface area contributed by atoms with Crippen molar-refractivity contribution in [3.63, 3.8) is 0 Å². The second-order valence-electron chi connectivity index (χ2n) is 8.84. The molecule has 220 valence electrons. The molecule has 1 fully saturated rings. The Kier molecular flexibility index (Phi) is 12.1. The fraction of sp³-hybridized carbons (Fsp3) is 0.538. The van der Waals surface area contributed by atoms with Crippen LogP contribution in [-0.4, -0.2) is 99.4 Å². The van der Waals surface area contributed by atoms with Crippen LogP contribution in [0, 0.1) is 0 Å². The molecule has 40 heavy (non-hydrogen) atoms. The van der Waals surface area contributed by atoms with Crippen molar-refractivity contribution in [1.82, 2.24) is 5.32 Å². The van der Waals surface area contributed by atoms with Gasteiger partial charge in [-0.3, -0.25) is 0 Å². The number of nitrogens with one attached hydrogen (secondary N) is 1. The van der Waals surface area contributed by atoms with Crippen molar-refractivity contribution in [2.24, 2.45) is 0 Å². The third kappa shape index (κ3) is 9.32. The molecule has 0 bridgehead atoms. The van der Waals surface area contributed by atoms with Crippen LogP contribution in [0.4, 0.5) is 0 Å². The number of carbonyl (C=O) groups excluding carboxylic acids is 6. The van der Waals surface area contributed by atoms with Gasteiger partial charge in [-0.1, -0.05) is 0 Å². The molecule has 1 aromatic carbocycles. The van der Waals surface area contributed by atoms with E-state index in [-0.39, 0.29) is 6.42 Å². The van der Waals surface area contributed by atoms with Crippen LogP contribution in [0.5, 0.6) is 0 Å². The zero-order valence-corrected chi connectivity index (χ0v) is 24.7. The first-order chi connectivity index (χ1) is 18.8. The van der Waals surface area contributed by atoms with Crippen molar-refractivity contribution in [1.29, 1.82) is 0 Å². The molecular weight excluding hydrogens is 597 g/mol. The monoisotopic (exact) mass is 631 g/mol. The summed E-state index contributed by atoms with van der Waals surface area (Å²) in [5.41, 5.74) is 0. The quantitative estimate of drug-likeness (QED) is 0.190. The Balaban J connectivity index is 2.76. The predicted molar refractivity (Wildman–Crippen MR) is 137 cm³/mol. The molecule has 0 saturated carbocycles. The summed E-state index contributed by atoms with van der Waals surface area (Å²) in [6, 6.07) is 7.68. The van der Waals surface area contributed by atoms with Gasteiger partial charge >= 0.3 is 238 Å². The molecule has 0 aliphatic carbocycles. The van der Waals surface area contributed by atoms with Crippen molar-refractivity contribution >= 4 is 55.2 Å². The van der Waals surface area contributed by atoms with Crippen molar-refractivity contribution < 1.29 is 57.2 Å². The molecule has 1 heterocycles. The van der Waals surface area contributed by atoms with Gasteiger partial charge in [-0.05, 0) is 0 Å².